The van der Waals surface area contributed by atoms with E-state index in [0.717, 1.165) is 11.0 Å². The summed E-state index contributed by atoms with van der Waals surface area (Å²) < 4.78 is 10.2. The number of hydrogen-bond donors (Lipinski definition) is 1. The fourth-order valence-corrected chi connectivity index (χ4v) is 1.19. The number of para-hydroxylation sites is 1. The van der Waals surface area contributed by atoms with E-state index in [9.17, 15) is 0 Å². The third kappa shape index (κ3) is 1.62. The molecule has 0 atom stereocenters. The van der Waals surface area contributed by atoms with E-state index in [0.29, 0.717) is 5.95 Å². The van der Waals surface area contributed by atoms with Crippen LogP contribution in [0.4, 0.5) is 0 Å². The molecule has 0 amide bonds. The predicted molar refractivity (Wildman–Crippen MR) is 53.6 cm³/mol. The molecule has 0 unspecified atom stereocenters. The number of ether oxygens (including phenoxy) is 1. The summed E-state index contributed by atoms with van der Waals surface area (Å²) in [5.74, 6) is 0.328. The van der Waals surface area contributed by atoms with Crippen molar-refractivity contribution in [1.82, 2.24) is 0 Å². The zero-order valence-corrected chi connectivity index (χ0v) is 7.51. The van der Waals surface area contributed by atoms with Crippen LogP contribution in [0, 0.1) is 0 Å². The second-order valence-electron chi connectivity index (χ2n) is 2.52. The zero-order chi connectivity index (χ0) is 9.26. The van der Waals surface area contributed by atoms with Crippen molar-refractivity contribution in [3.05, 3.63) is 30.3 Å². The van der Waals surface area contributed by atoms with Crippen molar-refractivity contribution in [3.8, 4) is 5.95 Å². The van der Waals surface area contributed by atoms with Gasteiger partial charge in [-0.15, -0.1) is 0 Å². The first kappa shape index (κ1) is 8.07. The van der Waals surface area contributed by atoms with Crippen LogP contribution in [0.15, 0.2) is 34.7 Å². The van der Waals surface area contributed by atoms with E-state index in [1.807, 2.05) is 24.3 Å². The molecule has 0 radical (unpaired) electrons. The highest BCUT2D eigenvalue weighted by molar-refractivity contribution is 7.80. The lowest BCUT2D eigenvalue weighted by Crippen LogP contribution is -2.15. The third-order valence-electron chi connectivity index (χ3n) is 1.60. The van der Waals surface area contributed by atoms with Crippen molar-refractivity contribution in [2.24, 2.45) is 5.73 Å². The van der Waals surface area contributed by atoms with Crippen molar-refractivity contribution in [2.45, 2.75) is 0 Å². The summed E-state index contributed by atoms with van der Waals surface area (Å²) in [6, 6.07) is 9.32. The summed E-state index contributed by atoms with van der Waals surface area (Å²) in [6.07, 6.45) is 0. The van der Waals surface area contributed by atoms with E-state index in [2.05, 4.69) is 12.2 Å². The molecule has 13 heavy (non-hydrogen) atoms. The van der Waals surface area contributed by atoms with Gasteiger partial charge in [0.1, 0.15) is 5.58 Å². The van der Waals surface area contributed by atoms with Gasteiger partial charge in [0.05, 0.1) is 0 Å². The maximum Gasteiger partial charge on any atom is 0.292 e. The van der Waals surface area contributed by atoms with Gasteiger partial charge in [-0.3, -0.25) is 0 Å². The van der Waals surface area contributed by atoms with E-state index in [1.54, 1.807) is 6.07 Å². The molecule has 1 aromatic carbocycles. The van der Waals surface area contributed by atoms with Crippen molar-refractivity contribution < 1.29 is 9.15 Å². The average Bonchev–Trinajstić information content (AvgIpc) is 2.44. The van der Waals surface area contributed by atoms with Crippen LogP contribution in [0.25, 0.3) is 11.0 Å². The first-order valence-electron chi connectivity index (χ1n) is 3.71. The molecule has 3 nitrogen and oxygen atoms in total. The molecule has 0 aliphatic heterocycles. The Hall–Kier alpha value is -1.55. The Bertz CT molecular complexity index is 417. The molecule has 0 saturated carbocycles. The molecule has 0 bridgehead atoms. The minimum Gasteiger partial charge on any atom is -0.425 e. The molecule has 2 rings (SSSR count). The maximum absolute atomic E-state index is 5.29. The predicted octanol–water partition coefficient (Wildman–Crippen LogP) is 2.06. The lowest BCUT2D eigenvalue weighted by atomic mass is 10.3. The smallest absolute Gasteiger partial charge is 0.292 e. The lowest BCUT2D eigenvalue weighted by Gasteiger charge is -1.94. The van der Waals surface area contributed by atoms with Crippen LogP contribution in [-0.4, -0.2) is 5.17 Å². The highest BCUT2D eigenvalue weighted by Crippen LogP contribution is 2.24. The molecule has 66 valence electrons. The van der Waals surface area contributed by atoms with Gasteiger partial charge in [-0.2, -0.15) is 0 Å². The molecule has 1 heterocycles. The van der Waals surface area contributed by atoms with Gasteiger partial charge < -0.3 is 14.9 Å². The number of thiocarbonyl (C=S) groups is 1. The van der Waals surface area contributed by atoms with Crippen LogP contribution >= 0.6 is 12.2 Å². The normalized spacial score (nSPS) is 10.2. The van der Waals surface area contributed by atoms with Gasteiger partial charge in [-0.25, -0.2) is 0 Å². The molecular weight excluding hydrogens is 186 g/mol. The second kappa shape index (κ2) is 3.06. The Labute approximate surface area is 80.1 Å². The minimum atomic E-state index is -0.0425. The fourth-order valence-electron chi connectivity index (χ4n) is 1.11. The van der Waals surface area contributed by atoms with Crippen molar-refractivity contribution in [1.29, 1.82) is 0 Å². The van der Waals surface area contributed by atoms with Gasteiger partial charge in [0, 0.05) is 11.5 Å². The van der Waals surface area contributed by atoms with Gasteiger partial charge in [-0.05, 0) is 18.3 Å². The quantitative estimate of drug-likeness (QED) is 0.704. The Kier molecular flexibility index (Phi) is 1.90. The van der Waals surface area contributed by atoms with Crippen LogP contribution < -0.4 is 10.5 Å². The summed E-state index contributed by atoms with van der Waals surface area (Å²) >= 11 is 4.58. The molecule has 2 N–H and O–H groups in total. The monoisotopic (exact) mass is 193 g/mol. The van der Waals surface area contributed by atoms with Crippen molar-refractivity contribution in [3.63, 3.8) is 0 Å². The summed E-state index contributed by atoms with van der Waals surface area (Å²) in [7, 11) is 0. The third-order valence-corrected chi connectivity index (χ3v) is 1.69. The minimum absolute atomic E-state index is 0.0425. The van der Waals surface area contributed by atoms with E-state index in [4.69, 9.17) is 14.9 Å². The molecule has 0 saturated heterocycles. The second-order valence-corrected chi connectivity index (χ2v) is 2.93. The highest BCUT2D eigenvalue weighted by Gasteiger charge is 2.03. The van der Waals surface area contributed by atoms with E-state index in [1.165, 1.54) is 0 Å². The topological polar surface area (TPSA) is 48.4 Å². The van der Waals surface area contributed by atoms with Gasteiger partial charge >= 0.3 is 0 Å². The standard InChI is InChI=1S/C9H7NO2S/c10-9(13)12-8-5-6-3-1-2-4-7(6)11-8/h1-5H,(H2,10,13). The molecule has 4 heteroatoms. The van der Waals surface area contributed by atoms with Crippen molar-refractivity contribution in [2.75, 3.05) is 0 Å². The summed E-state index contributed by atoms with van der Waals surface area (Å²) in [5, 5.41) is 0.924. The van der Waals surface area contributed by atoms with E-state index < -0.39 is 0 Å². The van der Waals surface area contributed by atoms with Gasteiger partial charge in [0.2, 0.25) is 0 Å². The molecule has 2 aromatic rings. The summed E-state index contributed by atoms with van der Waals surface area (Å²) in [4.78, 5) is 0. The zero-order valence-electron chi connectivity index (χ0n) is 6.69. The fraction of sp³-hybridized carbons (Fsp3) is 0. The number of fused-ring (bicyclic) bond motifs is 1. The molecule has 1 aromatic heterocycles. The van der Waals surface area contributed by atoms with Gasteiger partial charge in [-0.1, -0.05) is 18.2 Å². The highest BCUT2D eigenvalue weighted by atomic mass is 32.1. The van der Waals surface area contributed by atoms with Crippen LogP contribution in [0.1, 0.15) is 0 Å². The van der Waals surface area contributed by atoms with Crippen LogP contribution in [0.5, 0.6) is 5.95 Å². The molecule has 0 aliphatic rings. The Morgan fingerprint density at radius 1 is 1.38 bits per heavy atom. The lowest BCUT2D eigenvalue weighted by molar-refractivity contribution is 0.403. The Morgan fingerprint density at radius 2 is 2.15 bits per heavy atom. The van der Waals surface area contributed by atoms with Crippen LogP contribution in [0.3, 0.4) is 0 Å². The SMILES string of the molecule is NC(=S)Oc1cc2ccccc2o1. The Morgan fingerprint density at radius 3 is 2.85 bits per heavy atom. The summed E-state index contributed by atoms with van der Waals surface area (Å²) in [5.41, 5.74) is 5.95. The largest absolute Gasteiger partial charge is 0.425 e. The molecular formula is C9H7NO2S. The van der Waals surface area contributed by atoms with Gasteiger partial charge in [0.15, 0.2) is 0 Å². The first-order chi connectivity index (χ1) is 6.25. The number of hydrogen-bond acceptors (Lipinski definition) is 3. The van der Waals surface area contributed by atoms with Crippen LogP contribution in [-0.2, 0) is 0 Å². The van der Waals surface area contributed by atoms with Crippen molar-refractivity contribution >= 4 is 28.4 Å². The van der Waals surface area contributed by atoms with E-state index in [-0.39, 0.29) is 5.17 Å². The molecule has 0 aliphatic carbocycles. The molecule has 0 fully saturated rings. The average molecular weight is 193 g/mol. The number of nitrogens with two attached hydrogens (primary N) is 1. The van der Waals surface area contributed by atoms with Gasteiger partial charge in [0.25, 0.3) is 11.1 Å². The maximum atomic E-state index is 5.29. The number of benzene rings is 1. The van der Waals surface area contributed by atoms with E-state index >= 15 is 0 Å². The number of furan rings is 1. The number of rotatable bonds is 1. The summed E-state index contributed by atoms with van der Waals surface area (Å²) in [6.45, 7) is 0. The van der Waals surface area contributed by atoms with Crippen LogP contribution in [0.2, 0.25) is 0 Å². The molecule has 0 spiro atoms. The Balaban J connectivity index is 2.44. The first-order valence-corrected chi connectivity index (χ1v) is 4.12.